The van der Waals surface area contributed by atoms with E-state index in [0.717, 1.165) is 30.6 Å². The van der Waals surface area contributed by atoms with Gasteiger partial charge in [0.05, 0.1) is 5.41 Å². The van der Waals surface area contributed by atoms with Gasteiger partial charge in [0.2, 0.25) is 5.91 Å². The second kappa shape index (κ2) is 4.57. The molecule has 2 aromatic rings. The highest BCUT2D eigenvalue weighted by Crippen LogP contribution is 2.43. The number of amides is 1. The predicted octanol–water partition coefficient (Wildman–Crippen LogP) is 3.19. The highest BCUT2D eigenvalue weighted by molar-refractivity contribution is 7.10. The molecule has 0 saturated heterocycles. The number of hydrogen-bond donors (Lipinski definition) is 1. The quantitative estimate of drug-likeness (QED) is 0.924. The molecule has 5 heteroatoms. The van der Waals surface area contributed by atoms with E-state index in [1.807, 2.05) is 11.4 Å². The number of nitrogens with one attached hydrogen (secondary N) is 1. The van der Waals surface area contributed by atoms with Gasteiger partial charge in [-0.1, -0.05) is 24.1 Å². The van der Waals surface area contributed by atoms with Crippen LogP contribution in [0.4, 0.5) is 5.82 Å². The van der Waals surface area contributed by atoms with Gasteiger partial charge in [0, 0.05) is 10.9 Å². The van der Waals surface area contributed by atoms with Crippen LogP contribution in [-0.2, 0) is 10.2 Å². The van der Waals surface area contributed by atoms with Gasteiger partial charge in [0.25, 0.3) is 0 Å². The molecule has 1 saturated carbocycles. The number of carbonyl (C=O) groups excluding carboxylic acids is 1. The molecular formula is C13H14N2O2S. The van der Waals surface area contributed by atoms with Crippen molar-refractivity contribution in [1.29, 1.82) is 0 Å². The summed E-state index contributed by atoms with van der Waals surface area (Å²) in [7, 11) is 0. The zero-order valence-electron chi connectivity index (χ0n) is 9.89. The first-order chi connectivity index (χ1) is 8.81. The van der Waals surface area contributed by atoms with E-state index in [1.54, 1.807) is 17.4 Å². The Bertz CT molecular complexity index is 513. The Hall–Kier alpha value is -1.62. The summed E-state index contributed by atoms with van der Waals surface area (Å²) in [6.45, 7) is 0. The van der Waals surface area contributed by atoms with Gasteiger partial charge in [0.15, 0.2) is 5.82 Å². The van der Waals surface area contributed by atoms with E-state index >= 15 is 0 Å². The Morgan fingerprint density at radius 1 is 1.39 bits per heavy atom. The lowest BCUT2D eigenvalue weighted by atomic mass is 9.83. The highest BCUT2D eigenvalue weighted by atomic mass is 32.1. The van der Waals surface area contributed by atoms with Crippen molar-refractivity contribution >= 4 is 23.1 Å². The number of nitrogens with zero attached hydrogens (tertiary/aromatic N) is 1. The van der Waals surface area contributed by atoms with Crippen LogP contribution in [-0.4, -0.2) is 11.1 Å². The fourth-order valence-corrected chi connectivity index (χ4v) is 3.61. The van der Waals surface area contributed by atoms with Crippen molar-refractivity contribution in [3.63, 3.8) is 0 Å². The van der Waals surface area contributed by atoms with Crippen LogP contribution in [0.3, 0.4) is 0 Å². The van der Waals surface area contributed by atoms with Crippen molar-refractivity contribution in [2.75, 3.05) is 5.32 Å². The smallest absolute Gasteiger partial charge is 0.237 e. The third-order valence-electron chi connectivity index (χ3n) is 3.56. The van der Waals surface area contributed by atoms with Crippen molar-refractivity contribution in [1.82, 2.24) is 5.16 Å². The number of carbonyl (C=O) groups is 1. The molecule has 0 atom stereocenters. The second-order valence-electron chi connectivity index (χ2n) is 4.61. The van der Waals surface area contributed by atoms with Gasteiger partial charge < -0.3 is 9.84 Å². The topological polar surface area (TPSA) is 55.1 Å². The van der Waals surface area contributed by atoms with Crippen molar-refractivity contribution < 1.29 is 9.32 Å². The number of aromatic nitrogens is 1. The maximum Gasteiger partial charge on any atom is 0.237 e. The molecule has 0 radical (unpaired) electrons. The molecule has 1 aliphatic rings. The molecule has 0 spiro atoms. The standard InChI is InChI=1S/C13H14N2O2S/c16-12(14-11-5-8-17-15-11)13(6-1-2-7-13)10-4-3-9-18-10/h3-5,8-9H,1-2,6-7H2,(H,14,15,16). The minimum Gasteiger partial charge on any atom is -0.363 e. The SMILES string of the molecule is O=C(Nc1ccon1)C1(c2cccs2)CCCC1. The highest BCUT2D eigenvalue weighted by Gasteiger charge is 2.43. The molecule has 18 heavy (non-hydrogen) atoms. The van der Waals surface area contributed by atoms with Crippen LogP contribution in [0.2, 0.25) is 0 Å². The van der Waals surface area contributed by atoms with Crippen LogP contribution in [0.25, 0.3) is 0 Å². The lowest BCUT2D eigenvalue weighted by Crippen LogP contribution is -2.37. The van der Waals surface area contributed by atoms with Crippen LogP contribution in [0.1, 0.15) is 30.6 Å². The molecule has 0 aliphatic heterocycles. The molecule has 1 fully saturated rings. The Labute approximate surface area is 109 Å². The molecule has 3 rings (SSSR count). The zero-order chi connectivity index (χ0) is 12.4. The maximum absolute atomic E-state index is 12.5. The molecule has 1 N–H and O–H groups in total. The molecule has 0 unspecified atom stereocenters. The monoisotopic (exact) mass is 262 g/mol. The number of anilines is 1. The molecule has 1 amide bonds. The minimum absolute atomic E-state index is 0.0383. The normalized spacial score (nSPS) is 17.8. The van der Waals surface area contributed by atoms with E-state index in [2.05, 4.69) is 16.5 Å². The van der Waals surface area contributed by atoms with E-state index in [1.165, 1.54) is 6.26 Å². The van der Waals surface area contributed by atoms with Gasteiger partial charge in [-0.3, -0.25) is 4.79 Å². The van der Waals surface area contributed by atoms with E-state index in [0.29, 0.717) is 5.82 Å². The summed E-state index contributed by atoms with van der Waals surface area (Å²) < 4.78 is 4.74. The van der Waals surface area contributed by atoms with Gasteiger partial charge in [-0.05, 0) is 24.3 Å². The van der Waals surface area contributed by atoms with Crippen molar-refractivity contribution in [2.24, 2.45) is 0 Å². The van der Waals surface area contributed by atoms with Crippen molar-refractivity contribution in [2.45, 2.75) is 31.1 Å². The molecule has 94 valence electrons. The van der Waals surface area contributed by atoms with Gasteiger partial charge in [-0.2, -0.15) is 0 Å². The first kappa shape index (κ1) is 11.5. The first-order valence-corrected chi connectivity index (χ1v) is 6.95. The average Bonchev–Trinajstić information content (AvgIpc) is 3.12. The number of hydrogen-bond acceptors (Lipinski definition) is 4. The lowest BCUT2D eigenvalue weighted by molar-refractivity contribution is -0.121. The Morgan fingerprint density at radius 3 is 2.83 bits per heavy atom. The van der Waals surface area contributed by atoms with E-state index in [4.69, 9.17) is 4.52 Å². The molecule has 4 nitrogen and oxygen atoms in total. The largest absolute Gasteiger partial charge is 0.363 e. The van der Waals surface area contributed by atoms with Crippen LogP contribution in [0, 0.1) is 0 Å². The van der Waals surface area contributed by atoms with E-state index in [-0.39, 0.29) is 11.3 Å². The van der Waals surface area contributed by atoms with Crippen molar-refractivity contribution in [3.05, 3.63) is 34.7 Å². The Morgan fingerprint density at radius 2 is 2.22 bits per heavy atom. The summed E-state index contributed by atoms with van der Waals surface area (Å²) in [4.78, 5) is 13.7. The summed E-state index contributed by atoms with van der Waals surface area (Å²) in [5.41, 5.74) is -0.368. The summed E-state index contributed by atoms with van der Waals surface area (Å²) >= 11 is 1.66. The van der Waals surface area contributed by atoms with Crippen LogP contribution < -0.4 is 5.32 Å². The lowest BCUT2D eigenvalue weighted by Gasteiger charge is -2.25. The fourth-order valence-electron chi connectivity index (χ4n) is 2.63. The van der Waals surface area contributed by atoms with Gasteiger partial charge >= 0.3 is 0 Å². The molecule has 1 aliphatic carbocycles. The maximum atomic E-state index is 12.5. The summed E-state index contributed by atoms with van der Waals surface area (Å²) in [6.07, 6.45) is 5.49. The van der Waals surface area contributed by atoms with Gasteiger partial charge in [0.1, 0.15) is 6.26 Å². The molecule has 0 aromatic carbocycles. The third kappa shape index (κ3) is 1.84. The van der Waals surface area contributed by atoms with E-state index < -0.39 is 0 Å². The number of thiophene rings is 1. The third-order valence-corrected chi connectivity index (χ3v) is 4.64. The Balaban J connectivity index is 1.88. The second-order valence-corrected chi connectivity index (χ2v) is 5.55. The molecular weight excluding hydrogens is 248 g/mol. The molecule has 2 heterocycles. The fraction of sp³-hybridized carbons (Fsp3) is 0.385. The minimum atomic E-state index is -0.368. The zero-order valence-corrected chi connectivity index (χ0v) is 10.7. The van der Waals surface area contributed by atoms with E-state index in [9.17, 15) is 4.79 Å². The van der Waals surface area contributed by atoms with Crippen LogP contribution in [0.5, 0.6) is 0 Å². The molecule has 0 bridgehead atoms. The first-order valence-electron chi connectivity index (χ1n) is 6.07. The van der Waals surface area contributed by atoms with Crippen LogP contribution >= 0.6 is 11.3 Å². The summed E-state index contributed by atoms with van der Waals surface area (Å²) in [6, 6.07) is 5.72. The van der Waals surface area contributed by atoms with Crippen molar-refractivity contribution in [3.8, 4) is 0 Å². The van der Waals surface area contributed by atoms with Gasteiger partial charge in [-0.15, -0.1) is 11.3 Å². The number of rotatable bonds is 3. The average molecular weight is 262 g/mol. The predicted molar refractivity (Wildman–Crippen MR) is 69.6 cm³/mol. The Kier molecular flexibility index (Phi) is 2.91. The summed E-state index contributed by atoms with van der Waals surface area (Å²) in [5.74, 6) is 0.527. The molecule has 2 aromatic heterocycles. The summed E-state index contributed by atoms with van der Waals surface area (Å²) in [5, 5.41) is 8.62. The van der Waals surface area contributed by atoms with Gasteiger partial charge in [-0.25, -0.2) is 0 Å². The van der Waals surface area contributed by atoms with Crippen LogP contribution in [0.15, 0.2) is 34.4 Å².